The highest BCUT2D eigenvalue weighted by atomic mass is 32.2. The van der Waals surface area contributed by atoms with Crippen molar-refractivity contribution in [3.8, 4) is 11.1 Å². The molecule has 0 fully saturated rings. The number of imidazole rings is 1. The van der Waals surface area contributed by atoms with E-state index in [1.807, 2.05) is 54.6 Å². The first-order valence-electron chi connectivity index (χ1n) is 9.91. The molecule has 0 bridgehead atoms. The number of rotatable bonds is 5. The van der Waals surface area contributed by atoms with Crippen LogP contribution in [0.5, 0.6) is 0 Å². The van der Waals surface area contributed by atoms with Crippen LogP contribution in [-0.4, -0.2) is 29.7 Å². The number of sulfone groups is 1. The molecular formula is C25H24N2O3S. The van der Waals surface area contributed by atoms with Crippen LogP contribution in [-0.2, 0) is 15.4 Å². The van der Waals surface area contributed by atoms with E-state index in [1.165, 1.54) is 6.26 Å². The molecule has 3 aromatic carbocycles. The lowest BCUT2D eigenvalue weighted by atomic mass is 9.89. The number of nitrogens with one attached hydrogen (secondary N) is 1. The molecule has 5 nitrogen and oxygen atoms in total. The molecule has 158 valence electrons. The van der Waals surface area contributed by atoms with Crippen molar-refractivity contribution in [3.63, 3.8) is 0 Å². The molecule has 2 N–H and O–H groups in total. The summed E-state index contributed by atoms with van der Waals surface area (Å²) in [5, 5.41) is 10.5. The van der Waals surface area contributed by atoms with E-state index in [1.54, 1.807) is 38.1 Å². The van der Waals surface area contributed by atoms with Crippen LogP contribution in [0.2, 0.25) is 0 Å². The molecule has 31 heavy (non-hydrogen) atoms. The number of nitrogens with zero attached hydrogens (tertiary/aromatic N) is 1. The van der Waals surface area contributed by atoms with Gasteiger partial charge in [0.2, 0.25) is 0 Å². The smallest absolute Gasteiger partial charge is 0.175 e. The van der Waals surface area contributed by atoms with Crippen LogP contribution in [0.1, 0.15) is 30.8 Å². The van der Waals surface area contributed by atoms with Gasteiger partial charge in [0.15, 0.2) is 9.84 Å². The minimum atomic E-state index is -3.20. The van der Waals surface area contributed by atoms with Gasteiger partial charge in [-0.2, -0.15) is 0 Å². The van der Waals surface area contributed by atoms with E-state index in [0.29, 0.717) is 10.7 Å². The van der Waals surface area contributed by atoms with Gasteiger partial charge < -0.3 is 10.1 Å². The van der Waals surface area contributed by atoms with Crippen molar-refractivity contribution < 1.29 is 13.5 Å². The van der Waals surface area contributed by atoms with Gasteiger partial charge in [-0.3, -0.25) is 0 Å². The largest absolute Gasteiger partial charge is 0.386 e. The molecule has 4 rings (SSSR count). The first kappa shape index (κ1) is 21.0. The molecule has 0 atom stereocenters. The minimum Gasteiger partial charge on any atom is -0.386 e. The highest BCUT2D eigenvalue weighted by Gasteiger charge is 2.20. The lowest BCUT2D eigenvalue weighted by Crippen LogP contribution is -2.16. The molecular weight excluding hydrogens is 408 g/mol. The van der Waals surface area contributed by atoms with Gasteiger partial charge in [0.05, 0.1) is 21.5 Å². The zero-order valence-corrected chi connectivity index (χ0v) is 18.4. The molecule has 0 aliphatic rings. The molecule has 0 amide bonds. The van der Waals surface area contributed by atoms with E-state index >= 15 is 0 Å². The molecule has 1 heterocycles. The topological polar surface area (TPSA) is 83.1 Å². The fourth-order valence-electron chi connectivity index (χ4n) is 3.55. The number of aliphatic hydroxyl groups is 1. The Hall–Kier alpha value is -3.22. The first-order chi connectivity index (χ1) is 14.6. The van der Waals surface area contributed by atoms with Crippen molar-refractivity contribution in [3.05, 3.63) is 83.7 Å². The Bertz CT molecular complexity index is 1380. The van der Waals surface area contributed by atoms with Gasteiger partial charge in [-0.15, -0.1) is 0 Å². The summed E-state index contributed by atoms with van der Waals surface area (Å²) in [5.74, 6) is 0.704. The van der Waals surface area contributed by atoms with E-state index in [0.717, 1.165) is 33.3 Å². The number of hydrogen-bond donors (Lipinski definition) is 2. The average molecular weight is 433 g/mol. The number of fused-ring (bicyclic) bond motifs is 1. The predicted octanol–water partition coefficient (Wildman–Crippen LogP) is 5.03. The summed E-state index contributed by atoms with van der Waals surface area (Å²) in [6.45, 7) is 3.57. The zero-order valence-electron chi connectivity index (χ0n) is 17.6. The Morgan fingerprint density at radius 2 is 1.68 bits per heavy atom. The van der Waals surface area contributed by atoms with Crippen molar-refractivity contribution in [2.75, 3.05) is 6.26 Å². The Kier molecular flexibility index (Phi) is 5.29. The van der Waals surface area contributed by atoms with E-state index in [4.69, 9.17) is 0 Å². The molecule has 0 spiro atoms. The predicted molar refractivity (Wildman–Crippen MR) is 125 cm³/mol. The summed E-state index contributed by atoms with van der Waals surface area (Å²) >= 11 is 0. The normalized spacial score (nSPS) is 12.6. The third-order valence-electron chi connectivity index (χ3n) is 5.14. The van der Waals surface area contributed by atoms with Gasteiger partial charge in [0.25, 0.3) is 0 Å². The first-order valence-corrected chi connectivity index (χ1v) is 11.8. The molecule has 6 heteroatoms. The van der Waals surface area contributed by atoms with Crippen LogP contribution in [0.3, 0.4) is 0 Å². The Morgan fingerprint density at radius 3 is 2.35 bits per heavy atom. The molecule has 0 radical (unpaired) electrons. The maximum Gasteiger partial charge on any atom is 0.175 e. The van der Waals surface area contributed by atoms with Crippen molar-refractivity contribution in [2.24, 2.45) is 0 Å². The van der Waals surface area contributed by atoms with Gasteiger partial charge in [0.1, 0.15) is 5.82 Å². The van der Waals surface area contributed by atoms with Crippen LogP contribution in [0.25, 0.3) is 34.3 Å². The highest BCUT2D eigenvalue weighted by molar-refractivity contribution is 7.90. The third kappa shape index (κ3) is 4.60. The van der Waals surface area contributed by atoms with Crippen LogP contribution >= 0.6 is 0 Å². The van der Waals surface area contributed by atoms with Gasteiger partial charge in [-0.05, 0) is 66.4 Å². The molecule has 0 aliphatic carbocycles. The van der Waals surface area contributed by atoms with E-state index in [2.05, 4.69) is 9.97 Å². The van der Waals surface area contributed by atoms with Gasteiger partial charge in [-0.25, -0.2) is 13.4 Å². The number of H-pyrrole nitrogens is 1. The standard InChI is InChI=1S/C25H24N2O3S/c1-25(2,28)21-7-5-4-6-20(21)18-11-14-22-23(16-18)27-24(26-22)15-10-17-8-12-19(13-9-17)31(3,29)30/h4-16,28H,1-3H3,(H,26,27)/b15-10+. The number of aromatic amines is 1. The molecule has 0 unspecified atom stereocenters. The van der Waals surface area contributed by atoms with Gasteiger partial charge in [-0.1, -0.05) is 48.5 Å². The van der Waals surface area contributed by atoms with Crippen molar-refractivity contribution in [1.29, 1.82) is 0 Å². The quantitative estimate of drug-likeness (QED) is 0.463. The van der Waals surface area contributed by atoms with Gasteiger partial charge in [0, 0.05) is 6.26 Å². The molecule has 0 saturated carbocycles. The highest BCUT2D eigenvalue weighted by Crippen LogP contribution is 2.32. The van der Waals surface area contributed by atoms with E-state index in [-0.39, 0.29) is 0 Å². The summed E-state index contributed by atoms with van der Waals surface area (Å²) in [6.07, 6.45) is 4.94. The van der Waals surface area contributed by atoms with Crippen LogP contribution in [0.4, 0.5) is 0 Å². The molecule has 1 aromatic heterocycles. The number of aromatic nitrogens is 2. The van der Waals surface area contributed by atoms with Crippen LogP contribution < -0.4 is 0 Å². The second-order valence-corrected chi connectivity index (χ2v) is 10.1. The second kappa shape index (κ2) is 7.80. The fourth-order valence-corrected chi connectivity index (χ4v) is 4.18. The number of benzene rings is 3. The van der Waals surface area contributed by atoms with E-state index in [9.17, 15) is 13.5 Å². The lowest BCUT2D eigenvalue weighted by Gasteiger charge is -2.21. The van der Waals surface area contributed by atoms with Crippen molar-refractivity contribution in [2.45, 2.75) is 24.3 Å². The second-order valence-electron chi connectivity index (χ2n) is 8.13. The lowest BCUT2D eigenvalue weighted by molar-refractivity contribution is 0.0792. The Balaban J connectivity index is 1.64. The zero-order chi connectivity index (χ0) is 22.2. The maximum absolute atomic E-state index is 11.6. The maximum atomic E-state index is 11.6. The van der Waals surface area contributed by atoms with Crippen molar-refractivity contribution >= 4 is 33.0 Å². The molecule has 0 saturated heterocycles. The molecule has 4 aromatic rings. The SMILES string of the molecule is CC(C)(O)c1ccccc1-c1ccc2nc(/C=C/c3ccc(S(C)(=O)=O)cc3)[nH]c2c1. The molecule has 0 aliphatic heterocycles. The summed E-state index contributed by atoms with van der Waals surface area (Å²) < 4.78 is 23.2. The Morgan fingerprint density at radius 1 is 0.968 bits per heavy atom. The van der Waals surface area contributed by atoms with Crippen LogP contribution in [0, 0.1) is 0 Å². The van der Waals surface area contributed by atoms with E-state index < -0.39 is 15.4 Å². The van der Waals surface area contributed by atoms with Crippen molar-refractivity contribution in [1.82, 2.24) is 9.97 Å². The van der Waals surface area contributed by atoms with Crippen LogP contribution in [0.15, 0.2) is 71.6 Å². The monoisotopic (exact) mass is 432 g/mol. The average Bonchev–Trinajstić information content (AvgIpc) is 3.13. The summed E-state index contributed by atoms with van der Waals surface area (Å²) in [7, 11) is -3.20. The number of hydrogen-bond acceptors (Lipinski definition) is 4. The summed E-state index contributed by atoms with van der Waals surface area (Å²) in [6, 6.07) is 20.6. The fraction of sp³-hybridized carbons (Fsp3) is 0.160. The third-order valence-corrected chi connectivity index (χ3v) is 6.27. The minimum absolute atomic E-state index is 0.298. The Labute approximate surface area is 182 Å². The summed E-state index contributed by atoms with van der Waals surface area (Å²) in [4.78, 5) is 8.21. The van der Waals surface area contributed by atoms with Gasteiger partial charge >= 0.3 is 0 Å². The summed E-state index contributed by atoms with van der Waals surface area (Å²) in [5.41, 5.74) is 4.53.